The highest BCUT2D eigenvalue weighted by atomic mass is 31.2. The Bertz CT molecular complexity index is 1430. The summed E-state index contributed by atoms with van der Waals surface area (Å²) >= 11 is 0. The van der Waals surface area contributed by atoms with Crippen molar-refractivity contribution in [1.29, 1.82) is 0 Å². The van der Waals surface area contributed by atoms with Crippen LogP contribution in [0, 0.1) is 11.8 Å². The van der Waals surface area contributed by atoms with Gasteiger partial charge in [-0.25, -0.2) is 14.4 Å². The Morgan fingerprint density at radius 1 is 0.750 bits per heavy atom. The molecule has 0 aliphatic heterocycles. The van der Waals surface area contributed by atoms with E-state index < -0.39 is 79.9 Å². The normalized spacial score (nSPS) is 15.4. The van der Waals surface area contributed by atoms with Gasteiger partial charge in [-0.2, -0.15) is 0 Å². The van der Waals surface area contributed by atoms with Gasteiger partial charge in [-0.3, -0.25) is 14.2 Å². The minimum Gasteiger partial charge on any atom is -0.435 e. The highest BCUT2D eigenvalue weighted by molar-refractivity contribution is 7.58. The summed E-state index contributed by atoms with van der Waals surface area (Å²) < 4.78 is 38.0. The smallest absolute Gasteiger partial charge is 0.435 e. The molecule has 48 heavy (non-hydrogen) atoms. The first-order chi connectivity index (χ1) is 22.5. The third-order valence-electron chi connectivity index (χ3n) is 6.87. The van der Waals surface area contributed by atoms with E-state index in [0.717, 1.165) is 11.1 Å². The van der Waals surface area contributed by atoms with Gasteiger partial charge in [0.2, 0.25) is 25.9 Å². The van der Waals surface area contributed by atoms with E-state index in [1.807, 2.05) is 42.5 Å². The predicted octanol–water partition coefficient (Wildman–Crippen LogP) is 4.97. The lowest BCUT2D eigenvalue weighted by molar-refractivity contribution is -0.171. The summed E-state index contributed by atoms with van der Waals surface area (Å²) in [5.41, 5.74) is 2.57. The van der Waals surface area contributed by atoms with Crippen LogP contribution in [0.2, 0.25) is 0 Å². The van der Waals surface area contributed by atoms with Crippen molar-refractivity contribution >= 4 is 37.5 Å². The van der Waals surface area contributed by atoms with Crippen LogP contribution in [0.25, 0.3) is 11.1 Å². The topological polar surface area (TPSA) is 193 Å². The number of benzene rings is 2. The Kier molecular flexibility index (Phi) is 15.6. The molecule has 0 spiro atoms. The molecule has 0 radical (unpaired) electrons. The van der Waals surface area contributed by atoms with E-state index >= 15 is 0 Å². The van der Waals surface area contributed by atoms with Crippen molar-refractivity contribution in [3.05, 3.63) is 60.2 Å². The molecule has 14 nitrogen and oxygen atoms in total. The maximum absolute atomic E-state index is 13.5. The van der Waals surface area contributed by atoms with Crippen molar-refractivity contribution in [2.45, 2.75) is 79.3 Å². The minimum absolute atomic E-state index is 0.00888. The third kappa shape index (κ3) is 13.4. The van der Waals surface area contributed by atoms with E-state index in [2.05, 4.69) is 15.4 Å². The van der Waals surface area contributed by atoms with E-state index in [1.165, 1.54) is 27.7 Å². The number of alkyl carbamates (subject to hydrolysis) is 1. The highest BCUT2D eigenvalue weighted by Crippen LogP contribution is 2.47. The van der Waals surface area contributed by atoms with Crippen LogP contribution in [0.5, 0.6) is 0 Å². The Balaban J connectivity index is 2.19. The molecule has 3 N–H and O–H groups in total. The first kappa shape index (κ1) is 39.8. The number of esters is 2. The lowest BCUT2D eigenvalue weighted by Gasteiger charge is -2.26. The number of ether oxygens (including phenoxy) is 5. The SMILES string of the molecule is CCOC(=O)OC(C)OC(=O)C(C)NC(=O)[C@H](Cc1ccc(-c2ccccc2)cc1)CP(=O)(O)C(C)NC(=O)OC(C)OC(=O)C(C)C. The molecule has 0 aromatic heterocycles. The summed E-state index contributed by atoms with van der Waals surface area (Å²) in [6.45, 7) is 10.1. The second kappa shape index (κ2) is 18.8. The summed E-state index contributed by atoms with van der Waals surface area (Å²) in [7, 11) is -4.31. The van der Waals surface area contributed by atoms with Gasteiger partial charge < -0.3 is 39.2 Å². The molecule has 0 bridgehead atoms. The van der Waals surface area contributed by atoms with E-state index in [1.54, 1.807) is 32.9 Å². The number of carbonyl (C=O) groups is 5. The Labute approximate surface area is 280 Å². The van der Waals surface area contributed by atoms with Gasteiger partial charge in [-0.15, -0.1) is 0 Å². The van der Waals surface area contributed by atoms with Crippen molar-refractivity contribution in [2.75, 3.05) is 12.8 Å². The van der Waals surface area contributed by atoms with Crippen molar-refractivity contribution in [1.82, 2.24) is 10.6 Å². The van der Waals surface area contributed by atoms with Crippen LogP contribution in [0.1, 0.15) is 54.0 Å². The van der Waals surface area contributed by atoms with E-state index in [9.17, 15) is 33.4 Å². The third-order valence-corrected chi connectivity index (χ3v) is 9.18. The molecule has 264 valence electrons. The zero-order valence-corrected chi connectivity index (χ0v) is 29.1. The van der Waals surface area contributed by atoms with Crippen molar-refractivity contribution in [3.8, 4) is 11.1 Å². The number of hydrogen-bond acceptors (Lipinski definition) is 11. The molecule has 0 aliphatic carbocycles. The van der Waals surface area contributed by atoms with Crippen molar-refractivity contribution in [2.24, 2.45) is 11.8 Å². The average molecular weight is 693 g/mol. The monoisotopic (exact) mass is 692 g/mol. The fourth-order valence-corrected chi connectivity index (χ4v) is 5.76. The van der Waals surface area contributed by atoms with Crippen LogP contribution in [0.15, 0.2) is 54.6 Å². The van der Waals surface area contributed by atoms with Crippen molar-refractivity contribution < 1.29 is 57.1 Å². The zero-order valence-electron chi connectivity index (χ0n) is 28.2. The van der Waals surface area contributed by atoms with Gasteiger partial charge in [0.25, 0.3) is 0 Å². The molecule has 2 rings (SSSR count). The van der Waals surface area contributed by atoms with Gasteiger partial charge in [0, 0.05) is 20.0 Å². The molecule has 0 saturated heterocycles. The van der Waals surface area contributed by atoms with Gasteiger partial charge in [-0.1, -0.05) is 68.4 Å². The van der Waals surface area contributed by atoms with E-state index in [-0.39, 0.29) is 13.0 Å². The van der Waals surface area contributed by atoms with Gasteiger partial charge in [0.05, 0.1) is 18.4 Å². The van der Waals surface area contributed by atoms with Gasteiger partial charge in [0.1, 0.15) is 11.8 Å². The molecule has 2 amide bonds. The summed E-state index contributed by atoms with van der Waals surface area (Å²) in [6, 6.07) is 15.7. The van der Waals surface area contributed by atoms with Gasteiger partial charge in [0.15, 0.2) is 0 Å². The zero-order chi connectivity index (χ0) is 36.0. The lowest BCUT2D eigenvalue weighted by atomic mass is 9.97. The quantitative estimate of drug-likeness (QED) is 0.0928. The summed E-state index contributed by atoms with van der Waals surface area (Å²) in [5, 5.41) is 4.77. The number of nitrogens with one attached hydrogen (secondary N) is 2. The minimum atomic E-state index is -4.31. The van der Waals surface area contributed by atoms with Gasteiger partial charge >= 0.3 is 24.2 Å². The van der Waals surface area contributed by atoms with Crippen LogP contribution in [-0.4, -0.2) is 72.2 Å². The molecule has 6 atom stereocenters. The number of carbonyl (C=O) groups excluding carboxylic acids is 5. The fourth-order valence-electron chi connectivity index (χ4n) is 4.21. The molecule has 0 saturated carbocycles. The van der Waals surface area contributed by atoms with Crippen LogP contribution in [0.3, 0.4) is 0 Å². The maximum Gasteiger partial charge on any atom is 0.511 e. The standard InChI is InChI=1S/C33H45N2O12P/c1-8-43-33(40)47-24(7)45-31(38)21(4)34-29(36)28(18-25-14-16-27(17-15-25)26-12-10-9-11-13-26)19-48(41,42)22(5)35-32(39)46-23(6)44-30(37)20(2)3/h9-17,20-24,28H,8,18-19H2,1-7H3,(H,34,36)(H,35,39)(H,41,42)/t21?,22?,23?,24?,28-/m1/s1. The molecule has 2 aromatic carbocycles. The maximum atomic E-state index is 13.5. The first-order valence-corrected chi connectivity index (χ1v) is 17.4. The highest BCUT2D eigenvalue weighted by Gasteiger charge is 2.36. The van der Waals surface area contributed by atoms with Crippen LogP contribution in [-0.2, 0) is 49.1 Å². The average Bonchev–Trinajstić information content (AvgIpc) is 3.01. The molecular formula is C33H45N2O12P. The molecule has 15 heteroatoms. The van der Waals surface area contributed by atoms with Crippen LogP contribution in [0.4, 0.5) is 9.59 Å². The molecule has 0 heterocycles. The van der Waals surface area contributed by atoms with E-state index in [4.69, 9.17) is 18.9 Å². The fraction of sp³-hybridized carbons (Fsp3) is 0.485. The molecule has 5 unspecified atom stereocenters. The Morgan fingerprint density at radius 2 is 1.31 bits per heavy atom. The summed E-state index contributed by atoms with van der Waals surface area (Å²) in [4.78, 5) is 72.9. The largest absolute Gasteiger partial charge is 0.511 e. The van der Waals surface area contributed by atoms with E-state index in [0.29, 0.717) is 5.56 Å². The molecule has 0 aliphatic rings. The number of amides is 2. The summed E-state index contributed by atoms with van der Waals surface area (Å²) in [5.74, 6) is -5.22. The van der Waals surface area contributed by atoms with Gasteiger partial charge in [-0.05, 0) is 43.9 Å². The first-order valence-electron chi connectivity index (χ1n) is 15.5. The second-order valence-corrected chi connectivity index (χ2v) is 14.0. The predicted molar refractivity (Wildman–Crippen MR) is 175 cm³/mol. The number of hydrogen-bond donors (Lipinski definition) is 3. The van der Waals surface area contributed by atoms with Crippen LogP contribution < -0.4 is 10.6 Å². The van der Waals surface area contributed by atoms with Crippen molar-refractivity contribution in [3.63, 3.8) is 0 Å². The summed E-state index contributed by atoms with van der Waals surface area (Å²) in [6.07, 6.45) is -5.28. The van der Waals surface area contributed by atoms with Crippen LogP contribution >= 0.6 is 7.37 Å². The number of rotatable bonds is 16. The Hall–Kier alpha value is -4.42. The Morgan fingerprint density at radius 3 is 1.90 bits per heavy atom. The second-order valence-electron chi connectivity index (χ2n) is 11.3. The molecular weight excluding hydrogens is 647 g/mol. The molecule has 2 aromatic rings. The lowest BCUT2D eigenvalue weighted by Crippen LogP contribution is -2.45. The molecule has 0 fully saturated rings.